The minimum Gasteiger partial charge on any atom is -0.491 e. The van der Waals surface area contributed by atoms with E-state index in [0.717, 1.165) is 28.4 Å². The Labute approximate surface area is 124 Å². The fourth-order valence-electron chi connectivity index (χ4n) is 1.85. The lowest BCUT2D eigenvalue weighted by atomic mass is 10.2. The summed E-state index contributed by atoms with van der Waals surface area (Å²) >= 11 is 6.12. The van der Waals surface area contributed by atoms with Gasteiger partial charge in [0.15, 0.2) is 0 Å². The maximum absolute atomic E-state index is 6.12. The molecule has 2 aromatic carbocycles. The summed E-state index contributed by atoms with van der Waals surface area (Å²) in [5.74, 6) is 0.705. The SMILES string of the molecule is CCCOc1cc(Nc2cccc(Cl)c2C)ccc1N. The first-order valence-corrected chi connectivity index (χ1v) is 7.04. The third-order valence-corrected chi connectivity index (χ3v) is 3.43. The Morgan fingerprint density at radius 1 is 1.25 bits per heavy atom. The van der Waals surface area contributed by atoms with E-state index in [-0.39, 0.29) is 0 Å². The number of rotatable bonds is 5. The van der Waals surface area contributed by atoms with Crippen molar-refractivity contribution in [3.8, 4) is 5.75 Å². The van der Waals surface area contributed by atoms with Gasteiger partial charge in [0.25, 0.3) is 0 Å². The molecule has 2 rings (SSSR count). The molecule has 0 fully saturated rings. The Kier molecular flexibility index (Phi) is 4.74. The monoisotopic (exact) mass is 290 g/mol. The molecule has 4 heteroatoms. The van der Waals surface area contributed by atoms with Crippen molar-refractivity contribution in [2.45, 2.75) is 20.3 Å². The van der Waals surface area contributed by atoms with Crippen LogP contribution in [0.15, 0.2) is 36.4 Å². The molecule has 0 spiro atoms. The molecule has 0 radical (unpaired) electrons. The van der Waals surface area contributed by atoms with Gasteiger partial charge < -0.3 is 15.8 Å². The first kappa shape index (κ1) is 14.5. The standard InChI is InChI=1S/C16H19ClN2O/c1-3-9-20-16-10-12(7-8-14(16)18)19-15-6-4-5-13(17)11(15)2/h4-8,10,19H,3,9,18H2,1-2H3. The van der Waals surface area contributed by atoms with Crippen molar-refractivity contribution in [1.29, 1.82) is 0 Å². The molecule has 106 valence electrons. The average molecular weight is 291 g/mol. The first-order chi connectivity index (χ1) is 9.61. The molecule has 0 heterocycles. The van der Waals surface area contributed by atoms with E-state index in [2.05, 4.69) is 12.2 Å². The number of nitrogen functional groups attached to an aromatic ring is 1. The van der Waals surface area contributed by atoms with Crippen LogP contribution in [-0.4, -0.2) is 6.61 Å². The van der Waals surface area contributed by atoms with Crippen molar-refractivity contribution in [2.24, 2.45) is 0 Å². The average Bonchev–Trinajstić information content (AvgIpc) is 2.44. The van der Waals surface area contributed by atoms with Crippen LogP contribution < -0.4 is 15.8 Å². The van der Waals surface area contributed by atoms with E-state index in [0.29, 0.717) is 18.0 Å². The van der Waals surface area contributed by atoms with Crippen molar-refractivity contribution in [3.05, 3.63) is 47.0 Å². The molecule has 20 heavy (non-hydrogen) atoms. The molecule has 0 aliphatic heterocycles. The largest absolute Gasteiger partial charge is 0.491 e. The smallest absolute Gasteiger partial charge is 0.144 e. The van der Waals surface area contributed by atoms with Gasteiger partial charge in [0.2, 0.25) is 0 Å². The highest BCUT2D eigenvalue weighted by molar-refractivity contribution is 6.31. The molecule has 0 aliphatic rings. The molecule has 3 N–H and O–H groups in total. The fourth-order valence-corrected chi connectivity index (χ4v) is 2.02. The zero-order valence-electron chi connectivity index (χ0n) is 11.7. The van der Waals surface area contributed by atoms with Crippen molar-refractivity contribution < 1.29 is 4.74 Å². The Morgan fingerprint density at radius 2 is 2.05 bits per heavy atom. The van der Waals surface area contributed by atoms with Crippen LogP contribution in [0.4, 0.5) is 17.1 Å². The zero-order valence-corrected chi connectivity index (χ0v) is 12.5. The van der Waals surface area contributed by atoms with E-state index in [1.807, 2.05) is 43.3 Å². The zero-order chi connectivity index (χ0) is 14.5. The molecule has 0 saturated carbocycles. The second-order valence-corrected chi connectivity index (χ2v) is 5.05. The fraction of sp³-hybridized carbons (Fsp3) is 0.250. The summed E-state index contributed by atoms with van der Waals surface area (Å²) in [5.41, 5.74) is 9.47. The van der Waals surface area contributed by atoms with Gasteiger partial charge in [-0.3, -0.25) is 0 Å². The Balaban J connectivity index is 2.23. The van der Waals surface area contributed by atoms with Gasteiger partial charge in [-0.05, 0) is 43.2 Å². The molecule has 0 atom stereocenters. The van der Waals surface area contributed by atoms with E-state index in [4.69, 9.17) is 22.1 Å². The molecule has 0 unspecified atom stereocenters. The first-order valence-electron chi connectivity index (χ1n) is 6.66. The summed E-state index contributed by atoms with van der Waals surface area (Å²) in [6.45, 7) is 4.70. The lowest BCUT2D eigenvalue weighted by Gasteiger charge is -2.13. The molecular weight excluding hydrogens is 272 g/mol. The van der Waals surface area contributed by atoms with Crippen LogP contribution in [0, 0.1) is 6.92 Å². The summed E-state index contributed by atoms with van der Waals surface area (Å²) in [6.07, 6.45) is 0.949. The molecule has 0 aliphatic carbocycles. The van der Waals surface area contributed by atoms with Gasteiger partial charge in [-0.25, -0.2) is 0 Å². The Bertz CT molecular complexity index is 599. The number of nitrogens with one attached hydrogen (secondary N) is 1. The lowest BCUT2D eigenvalue weighted by Crippen LogP contribution is -2.00. The summed E-state index contributed by atoms with van der Waals surface area (Å²) in [4.78, 5) is 0. The number of anilines is 3. The van der Waals surface area contributed by atoms with Crippen LogP contribution in [0.5, 0.6) is 5.75 Å². The van der Waals surface area contributed by atoms with Crippen LogP contribution in [0.2, 0.25) is 5.02 Å². The van der Waals surface area contributed by atoms with Gasteiger partial charge in [-0.1, -0.05) is 24.6 Å². The number of benzene rings is 2. The molecule has 3 nitrogen and oxygen atoms in total. The van der Waals surface area contributed by atoms with Gasteiger partial charge in [-0.2, -0.15) is 0 Å². The predicted molar refractivity (Wildman–Crippen MR) is 86.1 cm³/mol. The van der Waals surface area contributed by atoms with Crippen molar-refractivity contribution in [2.75, 3.05) is 17.7 Å². The Hall–Kier alpha value is -1.87. The minimum absolute atomic E-state index is 0.645. The highest BCUT2D eigenvalue weighted by atomic mass is 35.5. The van der Waals surface area contributed by atoms with Crippen molar-refractivity contribution >= 4 is 28.7 Å². The van der Waals surface area contributed by atoms with E-state index in [1.165, 1.54) is 0 Å². The van der Waals surface area contributed by atoms with E-state index in [1.54, 1.807) is 0 Å². The van der Waals surface area contributed by atoms with Gasteiger partial charge in [-0.15, -0.1) is 0 Å². The highest BCUT2D eigenvalue weighted by Crippen LogP contribution is 2.30. The van der Waals surface area contributed by atoms with Gasteiger partial charge in [0, 0.05) is 22.5 Å². The topological polar surface area (TPSA) is 47.3 Å². The van der Waals surface area contributed by atoms with Crippen LogP contribution in [-0.2, 0) is 0 Å². The molecule has 0 aromatic heterocycles. The molecular formula is C16H19ClN2O. The van der Waals surface area contributed by atoms with Gasteiger partial charge in [0.05, 0.1) is 12.3 Å². The summed E-state index contributed by atoms with van der Waals surface area (Å²) in [5, 5.41) is 4.08. The number of hydrogen-bond donors (Lipinski definition) is 2. The minimum atomic E-state index is 0.645. The summed E-state index contributed by atoms with van der Waals surface area (Å²) in [7, 11) is 0. The maximum atomic E-state index is 6.12. The van der Waals surface area contributed by atoms with Crippen LogP contribution >= 0.6 is 11.6 Å². The van der Waals surface area contributed by atoms with Crippen molar-refractivity contribution in [1.82, 2.24) is 0 Å². The van der Waals surface area contributed by atoms with E-state index in [9.17, 15) is 0 Å². The molecule has 0 saturated heterocycles. The van der Waals surface area contributed by atoms with Gasteiger partial charge in [0.1, 0.15) is 5.75 Å². The summed E-state index contributed by atoms with van der Waals surface area (Å²) < 4.78 is 5.63. The van der Waals surface area contributed by atoms with Crippen LogP contribution in [0.25, 0.3) is 0 Å². The van der Waals surface area contributed by atoms with E-state index < -0.39 is 0 Å². The van der Waals surface area contributed by atoms with Crippen LogP contribution in [0.3, 0.4) is 0 Å². The van der Waals surface area contributed by atoms with E-state index >= 15 is 0 Å². The Morgan fingerprint density at radius 3 is 2.80 bits per heavy atom. The van der Waals surface area contributed by atoms with Gasteiger partial charge >= 0.3 is 0 Å². The third kappa shape index (κ3) is 3.36. The molecule has 0 bridgehead atoms. The summed E-state index contributed by atoms with van der Waals surface area (Å²) in [6, 6.07) is 11.5. The number of ether oxygens (including phenoxy) is 1. The van der Waals surface area contributed by atoms with Crippen molar-refractivity contribution in [3.63, 3.8) is 0 Å². The predicted octanol–water partition coefficient (Wildman–Crippen LogP) is 4.76. The maximum Gasteiger partial charge on any atom is 0.144 e. The van der Waals surface area contributed by atoms with Crippen LogP contribution in [0.1, 0.15) is 18.9 Å². The molecule has 2 aromatic rings. The quantitative estimate of drug-likeness (QED) is 0.780. The third-order valence-electron chi connectivity index (χ3n) is 3.02. The lowest BCUT2D eigenvalue weighted by molar-refractivity contribution is 0.319. The second kappa shape index (κ2) is 6.53. The normalized spacial score (nSPS) is 10.3. The number of halogens is 1. The molecule has 0 amide bonds. The second-order valence-electron chi connectivity index (χ2n) is 4.64. The highest BCUT2D eigenvalue weighted by Gasteiger charge is 2.05. The number of hydrogen-bond acceptors (Lipinski definition) is 3. The number of nitrogens with two attached hydrogens (primary N) is 1.